The minimum absolute atomic E-state index is 0.375. The molecule has 60 valence electrons. The molecule has 0 aliphatic carbocycles. The number of rotatable bonds is 1. The molecule has 1 aliphatic heterocycles. The molecule has 0 bridgehead atoms. The summed E-state index contributed by atoms with van der Waals surface area (Å²) < 4.78 is 4.57. The van der Waals surface area contributed by atoms with Crippen LogP contribution in [0, 0.1) is 0 Å². The highest BCUT2D eigenvalue weighted by Gasteiger charge is 2.39. The summed E-state index contributed by atoms with van der Waals surface area (Å²) >= 11 is 0. The van der Waals surface area contributed by atoms with Gasteiger partial charge in [0.15, 0.2) is 5.54 Å². The number of ether oxygens (including phenoxy) is 1. The Hall–Kier alpha value is -1.32. The van der Waals surface area contributed by atoms with E-state index in [0.29, 0.717) is 5.57 Å². The van der Waals surface area contributed by atoms with Crippen LogP contribution >= 0.6 is 0 Å². The molecule has 0 saturated heterocycles. The first-order chi connectivity index (χ1) is 5.11. The average molecular weight is 154 g/mol. The van der Waals surface area contributed by atoms with Crippen LogP contribution in [0.1, 0.15) is 6.92 Å². The Bertz CT molecular complexity index is 235. The molecular formula is C7H10N2O2. The van der Waals surface area contributed by atoms with Gasteiger partial charge in [0.2, 0.25) is 0 Å². The van der Waals surface area contributed by atoms with E-state index in [1.165, 1.54) is 13.3 Å². The van der Waals surface area contributed by atoms with Gasteiger partial charge in [-0.2, -0.15) is 5.10 Å². The molecule has 1 unspecified atom stereocenters. The Labute approximate surface area is 64.9 Å². The Morgan fingerprint density at radius 1 is 1.91 bits per heavy atom. The number of nitrogens with zero attached hydrogens (tertiary/aromatic N) is 1. The van der Waals surface area contributed by atoms with Gasteiger partial charge < -0.3 is 4.74 Å². The standard InChI is InChI=1S/C7H10N2O2/c1-5-4-8-9-7(5,2)6(10)11-3/h4,9H,1H2,2-3H3. The van der Waals surface area contributed by atoms with Crippen LogP contribution < -0.4 is 5.43 Å². The zero-order valence-electron chi connectivity index (χ0n) is 6.55. The molecule has 1 heterocycles. The van der Waals surface area contributed by atoms with E-state index in [9.17, 15) is 4.79 Å². The molecule has 1 N–H and O–H groups in total. The molecule has 0 amide bonds. The van der Waals surface area contributed by atoms with E-state index in [1.807, 2.05) is 0 Å². The van der Waals surface area contributed by atoms with Crippen molar-refractivity contribution in [2.45, 2.75) is 12.5 Å². The van der Waals surface area contributed by atoms with Crippen LogP contribution in [-0.2, 0) is 9.53 Å². The van der Waals surface area contributed by atoms with Gasteiger partial charge in [-0.05, 0) is 6.92 Å². The Morgan fingerprint density at radius 2 is 2.55 bits per heavy atom. The van der Waals surface area contributed by atoms with Crippen LogP contribution in [0.5, 0.6) is 0 Å². The second-order valence-corrected chi connectivity index (χ2v) is 2.51. The number of methoxy groups -OCH3 is 1. The lowest BCUT2D eigenvalue weighted by Gasteiger charge is -2.20. The van der Waals surface area contributed by atoms with E-state index in [0.717, 1.165) is 0 Å². The Kier molecular flexibility index (Phi) is 1.68. The summed E-state index contributed by atoms with van der Waals surface area (Å²) in [6.45, 7) is 5.34. The first kappa shape index (κ1) is 7.78. The highest BCUT2D eigenvalue weighted by Crippen LogP contribution is 2.18. The molecule has 11 heavy (non-hydrogen) atoms. The van der Waals surface area contributed by atoms with E-state index >= 15 is 0 Å². The van der Waals surface area contributed by atoms with Gasteiger partial charge in [0.1, 0.15) is 0 Å². The second-order valence-electron chi connectivity index (χ2n) is 2.51. The smallest absolute Gasteiger partial charge is 0.337 e. The van der Waals surface area contributed by atoms with Crippen molar-refractivity contribution in [3.05, 3.63) is 12.2 Å². The lowest BCUT2D eigenvalue weighted by molar-refractivity contribution is -0.145. The Morgan fingerprint density at radius 3 is 2.91 bits per heavy atom. The molecule has 1 rings (SSSR count). The van der Waals surface area contributed by atoms with Gasteiger partial charge in [-0.25, -0.2) is 4.79 Å². The molecule has 0 spiro atoms. The van der Waals surface area contributed by atoms with Gasteiger partial charge in [-0.15, -0.1) is 0 Å². The fourth-order valence-corrected chi connectivity index (χ4v) is 0.821. The zero-order chi connectivity index (χ0) is 8.48. The minimum atomic E-state index is -0.866. The number of carbonyl (C=O) groups is 1. The molecule has 0 fully saturated rings. The third-order valence-electron chi connectivity index (χ3n) is 1.74. The maximum absolute atomic E-state index is 11.1. The number of hydrogen-bond acceptors (Lipinski definition) is 4. The quantitative estimate of drug-likeness (QED) is 0.543. The van der Waals surface area contributed by atoms with Crippen molar-refractivity contribution in [3.63, 3.8) is 0 Å². The fraction of sp³-hybridized carbons (Fsp3) is 0.429. The highest BCUT2D eigenvalue weighted by molar-refractivity contribution is 5.97. The highest BCUT2D eigenvalue weighted by atomic mass is 16.5. The van der Waals surface area contributed by atoms with Gasteiger partial charge >= 0.3 is 5.97 Å². The zero-order valence-corrected chi connectivity index (χ0v) is 6.55. The molecule has 4 nitrogen and oxygen atoms in total. The van der Waals surface area contributed by atoms with E-state index in [4.69, 9.17) is 0 Å². The van der Waals surface area contributed by atoms with Crippen LogP contribution in [0.25, 0.3) is 0 Å². The summed E-state index contributed by atoms with van der Waals surface area (Å²) in [5.74, 6) is -0.375. The fourth-order valence-electron chi connectivity index (χ4n) is 0.821. The number of hydrazone groups is 1. The summed E-state index contributed by atoms with van der Waals surface area (Å²) in [6.07, 6.45) is 1.51. The molecule has 0 aromatic heterocycles. The normalized spacial score (nSPS) is 28.4. The van der Waals surface area contributed by atoms with E-state index in [1.54, 1.807) is 6.92 Å². The molecule has 0 saturated carbocycles. The third kappa shape index (κ3) is 1.00. The van der Waals surface area contributed by atoms with Gasteiger partial charge in [-0.3, -0.25) is 5.43 Å². The van der Waals surface area contributed by atoms with Crippen molar-refractivity contribution in [1.29, 1.82) is 0 Å². The second kappa shape index (κ2) is 2.38. The first-order valence-corrected chi connectivity index (χ1v) is 3.19. The van der Waals surface area contributed by atoms with Crippen molar-refractivity contribution < 1.29 is 9.53 Å². The number of carbonyl (C=O) groups excluding carboxylic acids is 1. The molecule has 1 aliphatic rings. The van der Waals surface area contributed by atoms with Crippen LogP contribution in [0.4, 0.5) is 0 Å². The molecule has 4 heteroatoms. The van der Waals surface area contributed by atoms with Crippen molar-refractivity contribution in [1.82, 2.24) is 5.43 Å². The maximum atomic E-state index is 11.1. The van der Waals surface area contributed by atoms with Gasteiger partial charge in [0.05, 0.1) is 13.3 Å². The molecule has 1 atom stereocenters. The lowest BCUT2D eigenvalue weighted by atomic mass is 9.96. The number of hydrogen-bond donors (Lipinski definition) is 1. The van der Waals surface area contributed by atoms with Crippen LogP contribution in [0.15, 0.2) is 17.3 Å². The van der Waals surface area contributed by atoms with Crippen molar-refractivity contribution >= 4 is 12.2 Å². The summed E-state index contributed by atoms with van der Waals surface area (Å²) in [5, 5.41) is 3.71. The number of esters is 1. The number of nitrogens with one attached hydrogen (secondary N) is 1. The first-order valence-electron chi connectivity index (χ1n) is 3.19. The summed E-state index contributed by atoms with van der Waals surface area (Å²) in [7, 11) is 1.33. The van der Waals surface area contributed by atoms with Crippen LogP contribution in [-0.4, -0.2) is 24.8 Å². The van der Waals surface area contributed by atoms with E-state index < -0.39 is 5.54 Å². The average Bonchev–Trinajstić information content (AvgIpc) is 2.32. The lowest BCUT2D eigenvalue weighted by Crippen LogP contribution is -2.45. The molecule has 0 radical (unpaired) electrons. The Balaban J connectivity index is 2.84. The topological polar surface area (TPSA) is 50.7 Å². The van der Waals surface area contributed by atoms with Gasteiger partial charge in [0, 0.05) is 5.57 Å². The van der Waals surface area contributed by atoms with Gasteiger partial charge in [-0.1, -0.05) is 6.58 Å². The van der Waals surface area contributed by atoms with Crippen molar-refractivity contribution in [2.24, 2.45) is 5.10 Å². The molecule has 0 aromatic carbocycles. The summed E-state index contributed by atoms with van der Waals surface area (Å²) in [6, 6.07) is 0. The molecule has 0 aromatic rings. The van der Waals surface area contributed by atoms with Gasteiger partial charge in [0.25, 0.3) is 0 Å². The minimum Gasteiger partial charge on any atom is -0.467 e. The maximum Gasteiger partial charge on any atom is 0.337 e. The summed E-state index contributed by atoms with van der Waals surface area (Å²) in [5.41, 5.74) is 2.38. The van der Waals surface area contributed by atoms with Crippen molar-refractivity contribution in [2.75, 3.05) is 7.11 Å². The SMILES string of the molecule is C=C1C=NNC1(C)C(=O)OC. The predicted octanol–water partition coefficient (Wildman–Crippen LogP) is 0.0633. The third-order valence-corrected chi connectivity index (χ3v) is 1.74. The van der Waals surface area contributed by atoms with E-state index in [-0.39, 0.29) is 5.97 Å². The van der Waals surface area contributed by atoms with Crippen LogP contribution in [0.3, 0.4) is 0 Å². The summed E-state index contributed by atoms with van der Waals surface area (Å²) in [4.78, 5) is 11.1. The molecular weight excluding hydrogens is 144 g/mol. The van der Waals surface area contributed by atoms with Crippen LogP contribution in [0.2, 0.25) is 0 Å². The largest absolute Gasteiger partial charge is 0.467 e. The monoisotopic (exact) mass is 154 g/mol. The van der Waals surface area contributed by atoms with Crippen molar-refractivity contribution in [3.8, 4) is 0 Å². The van der Waals surface area contributed by atoms with E-state index in [2.05, 4.69) is 21.8 Å². The predicted molar refractivity (Wildman–Crippen MR) is 41.2 cm³/mol.